The molecule has 0 saturated heterocycles. The van der Waals surface area contributed by atoms with E-state index in [-0.39, 0.29) is 11.0 Å². The summed E-state index contributed by atoms with van der Waals surface area (Å²) >= 11 is 7.14. The van der Waals surface area contributed by atoms with Crippen molar-refractivity contribution >= 4 is 44.0 Å². The normalized spacial score (nSPS) is 15.2. The number of halogens is 2. The molecule has 1 heterocycles. The fraction of sp³-hybridized carbons (Fsp3) is 0.588. The van der Waals surface area contributed by atoms with E-state index in [1.165, 1.54) is 21.3 Å². The van der Waals surface area contributed by atoms with Crippen molar-refractivity contribution in [3.05, 3.63) is 27.7 Å². The maximum atomic E-state index is 9.60. The van der Waals surface area contributed by atoms with Gasteiger partial charge in [0.15, 0.2) is 0 Å². The second-order valence-electron chi connectivity index (χ2n) is 6.99. The zero-order chi connectivity index (χ0) is 17.0. The van der Waals surface area contributed by atoms with Crippen LogP contribution in [0.1, 0.15) is 45.7 Å². The van der Waals surface area contributed by atoms with Gasteiger partial charge in [-0.3, -0.25) is 4.79 Å². The summed E-state index contributed by atoms with van der Waals surface area (Å²) in [6.45, 7) is 11.5. The van der Waals surface area contributed by atoms with Gasteiger partial charge in [0.25, 0.3) is 6.47 Å². The van der Waals surface area contributed by atoms with Gasteiger partial charge >= 0.3 is 0 Å². The molecule has 0 spiro atoms. The molecule has 0 fully saturated rings. The average molecular weight is 435 g/mol. The second kappa shape index (κ2) is 7.82. The minimum Gasteiger partial charge on any atom is -0.462 e. The number of rotatable bonds is 3. The highest BCUT2D eigenvalue weighted by Crippen LogP contribution is 2.39. The molecule has 1 aromatic carbocycles. The predicted molar refractivity (Wildman–Crippen MR) is 100 cm³/mol. The third-order valence-electron chi connectivity index (χ3n) is 3.40. The Bertz CT molecular complexity index is 522. The first-order valence-corrected chi connectivity index (χ1v) is 9.26. The summed E-state index contributed by atoms with van der Waals surface area (Å²) in [5, 5.41) is 4.49. The molecule has 1 aliphatic rings. The van der Waals surface area contributed by atoms with Crippen molar-refractivity contribution < 1.29 is 9.53 Å². The number of ether oxygens (including phenoxy) is 1. The summed E-state index contributed by atoms with van der Waals surface area (Å²) in [5.74, 6) is 0. The molecule has 22 heavy (non-hydrogen) atoms. The molecule has 0 aromatic heterocycles. The number of hydrogen-bond acceptors (Lipinski definition) is 3. The van der Waals surface area contributed by atoms with Crippen molar-refractivity contribution in [1.29, 1.82) is 0 Å². The zero-order valence-electron chi connectivity index (χ0n) is 13.9. The van der Waals surface area contributed by atoms with Gasteiger partial charge in [-0.2, -0.15) is 0 Å². The topological polar surface area (TPSA) is 38.3 Å². The Hall–Kier alpha value is -0.550. The van der Waals surface area contributed by atoms with E-state index in [4.69, 9.17) is 0 Å². The Morgan fingerprint density at radius 2 is 2.00 bits per heavy atom. The second-order valence-corrected chi connectivity index (χ2v) is 8.64. The van der Waals surface area contributed by atoms with Gasteiger partial charge in [-0.15, -0.1) is 0 Å². The van der Waals surface area contributed by atoms with Crippen molar-refractivity contribution in [3.8, 4) is 0 Å². The maximum absolute atomic E-state index is 9.60. The molecule has 5 heteroatoms. The van der Waals surface area contributed by atoms with Crippen molar-refractivity contribution in [2.45, 2.75) is 52.1 Å². The van der Waals surface area contributed by atoms with Crippen LogP contribution in [0.15, 0.2) is 16.6 Å². The quantitative estimate of drug-likeness (QED) is 0.534. The third kappa shape index (κ3) is 5.58. The van der Waals surface area contributed by atoms with Crippen LogP contribution in [0.4, 0.5) is 5.69 Å². The maximum Gasteiger partial charge on any atom is 0.293 e. The van der Waals surface area contributed by atoms with Crippen LogP contribution < -0.4 is 5.32 Å². The molecule has 0 atom stereocenters. The van der Waals surface area contributed by atoms with Crippen LogP contribution in [0.2, 0.25) is 0 Å². The number of aryl methyl sites for hydroxylation is 1. The predicted octanol–water partition coefficient (Wildman–Crippen LogP) is 5.05. The van der Waals surface area contributed by atoms with Crippen LogP contribution in [-0.4, -0.2) is 23.9 Å². The molecule has 0 saturated carbocycles. The number of carbonyl (C=O) groups is 1. The number of nitrogens with one attached hydrogen (secondary N) is 1. The molecule has 3 nitrogen and oxygen atoms in total. The molecule has 1 aliphatic heterocycles. The Kier molecular flexibility index (Phi) is 6.93. The van der Waals surface area contributed by atoms with Gasteiger partial charge in [0.1, 0.15) is 5.60 Å². The van der Waals surface area contributed by atoms with E-state index in [1.807, 2.05) is 20.8 Å². The lowest BCUT2D eigenvalue weighted by Crippen LogP contribution is -2.18. The van der Waals surface area contributed by atoms with Gasteiger partial charge in [-0.05, 0) is 50.5 Å². The minimum atomic E-state index is -0.318. The highest BCUT2D eigenvalue weighted by molar-refractivity contribution is 9.10. The molecule has 0 aliphatic carbocycles. The fourth-order valence-electron chi connectivity index (χ4n) is 2.17. The Balaban J connectivity index is 0.000000295. The molecular weight excluding hydrogens is 410 g/mol. The fourth-order valence-corrected chi connectivity index (χ4v) is 3.14. The molecule has 0 amide bonds. The first-order chi connectivity index (χ1) is 10.1. The highest BCUT2D eigenvalue weighted by Gasteiger charge is 2.30. The van der Waals surface area contributed by atoms with E-state index in [0.717, 1.165) is 18.3 Å². The number of benzene rings is 1. The number of anilines is 1. The number of alkyl halides is 1. The molecule has 0 bridgehead atoms. The van der Waals surface area contributed by atoms with Crippen molar-refractivity contribution in [2.24, 2.45) is 0 Å². The zero-order valence-corrected chi connectivity index (χ0v) is 17.1. The monoisotopic (exact) mass is 433 g/mol. The summed E-state index contributed by atoms with van der Waals surface area (Å²) in [6, 6.07) is 4.54. The van der Waals surface area contributed by atoms with Gasteiger partial charge in [-0.25, -0.2) is 0 Å². The summed E-state index contributed by atoms with van der Waals surface area (Å²) in [7, 11) is 0. The van der Waals surface area contributed by atoms with Crippen molar-refractivity contribution in [1.82, 2.24) is 0 Å². The standard InChI is InChI=1S/C12H15Br2N.C5H10O2/c1-12(2)7-15-11-5-8(3-4-13)10(14)6-9(11)12;1-5(2,3)7-4-6/h5-6,15H,3-4,7H2,1-2H3;4H,1-3H3. The average Bonchev–Trinajstić information content (AvgIpc) is 2.66. The molecule has 0 unspecified atom stereocenters. The molecule has 2 rings (SSSR count). The Labute approximate surface area is 150 Å². The first-order valence-electron chi connectivity index (χ1n) is 7.35. The lowest BCUT2D eigenvalue weighted by molar-refractivity contribution is -0.138. The van der Waals surface area contributed by atoms with Gasteiger partial charge in [0.05, 0.1) is 0 Å². The summed E-state index contributed by atoms with van der Waals surface area (Å²) in [5.41, 5.74) is 4.04. The van der Waals surface area contributed by atoms with Crippen LogP contribution in [0.3, 0.4) is 0 Å². The van der Waals surface area contributed by atoms with Crippen LogP contribution in [0.25, 0.3) is 0 Å². The number of fused-ring (bicyclic) bond motifs is 1. The van der Waals surface area contributed by atoms with E-state index in [2.05, 4.69) is 67.9 Å². The van der Waals surface area contributed by atoms with Crippen LogP contribution in [0.5, 0.6) is 0 Å². The molecule has 124 valence electrons. The van der Waals surface area contributed by atoms with Crippen molar-refractivity contribution in [2.75, 3.05) is 17.2 Å². The van der Waals surface area contributed by atoms with Gasteiger partial charge in [0, 0.05) is 27.4 Å². The summed E-state index contributed by atoms with van der Waals surface area (Å²) in [6.07, 6.45) is 1.07. The summed E-state index contributed by atoms with van der Waals surface area (Å²) < 4.78 is 5.78. The lowest BCUT2D eigenvalue weighted by Gasteiger charge is -2.17. The number of carbonyl (C=O) groups excluding carboxylic acids is 1. The van der Waals surface area contributed by atoms with Gasteiger partial charge in [-0.1, -0.05) is 45.7 Å². The van der Waals surface area contributed by atoms with Crippen molar-refractivity contribution in [3.63, 3.8) is 0 Å². The van der Waals surface area contributed by atoms with E-state index in [9.17, 15) is 4.79 Å². The number of hydrogen-bond donors (Lipinski definition) is 1. The molecule has 0 radical (unpaired) electrons. The molecular formula is C17H25Br2NO2. The van der Waals surface area contributed by atoms with E-state index >= 15 is 0 Å². The van der Waals surface area contributed by atoms with Gasteiger partial charge in [0.2, 0.25) is 0 Å². The minimum absolute atomic E-state index is 0.255. The Morgan fingerprint density at radius 1 is 1.36 bits per heavy atom. The van der Waals surface area contributed by atoms with Crippen LogP contribution >= 0.6 is 31.9 Å². The third-order valence-corrected chi connectivity index (χ3v) is 4.54. The smallest absolute Gasteiger partial charge is 0.293 e. The van der Waals surface area contributed by atoms with E-state index < -0.39 is 0 Å². The van der Waals surface area contributed by atoms with E-state index in [1.54, 1.807) is 0 Å². The van der Waals surface area contributed by atoms with Gasteiger partial charge < -0.3 is 10.1 Å². The first kappa shape index (κ1) is 19.5. The molecule has 1 N–H and O–H groups in total. The SMILES string of the molecule is CC(C)(C)OC=O.CC1(C)CNc2cc(CCBr)c(Br)cc21. The van der Waals surface area contributed by atoms with Crippen LogP contribution in [0, 0.1) is 0 Å². The largest absolute Gasteiger partial charge is 0.462 e. The molecule has 1 aromatic rings. The summed E-state index contributed by atoms with van der Waals surface area (Å²) in [4.78, 5) is 9.60. The highest BCUT2D eigenvalue weighted by atomic mass is 79.9. The lowest BCUT2D eigenvalue weighted by atomic mass is 9.86. The Morgan fingerprint density at radius 3 is 2.45 bits per heavy atom. The van der Waals surface area contributed by atoms with E-state index in [0.29, 0.717) is 6.47 Å². The van der Waals surface area contributed by atoms with Crippen LogP contribution in [-0.2, 0) is 21.4 Å².